The summed E-state index contributed by atoms with van der Waals surface area (Å²) >= 11 is 0. The summed E-state index contributed by atoms with van der Waals surface area (Å²) in [5.74, 6) is 0.388. The number of rotatable bonds is 2. The Morgan fingerprint density at radius 2 is 2.11 bits per heavy atom. The van der Waals surface area contributed by atoms with Gasteiger partial charge in [0.25, 0.3) is 5.56 Å². The first-order chi connectivity index (χ1) is 9.22. The van der Waals surface area contributed by atoms with Gasteiger partial charge >= 0.3 is 0 Å². The summed E-state index contributed by atoms with van der Waals surface area (Å²) in [6, 6.07) is 1.43. The van der Waals surface area contributed by atoms with Gasteiger partial charge in [-0.2, -0.15) is 5.10 Å². The van der Waals surface area contributed by atoms with Crippen LogP contribution in [-0.2, 0) is 7.05 Å². The van der Waals surface area contributed by atoms with Crippen LogP contribution in [0.15, 0.2) is 41.8 Å². The van der Waals surface area contributed by atoms with E-state index in [9.17, 15) is 4.79 Å². The summed E-state index contributed by atoms with van der Waals surface area (Å²) in [7, 11) is 1.81. The zero-order chi connectivity index (χ0) is 13.2. The molecule has 0 bridgehead atoms. The van der Waals surface area contributed by atoms with Gasteiger partial charge in [-0.15, -0.1) is 0 Å². The number of nitrogens with one attached hydrogen (secondary N) is 1. The Kier molecular flexibility index (Phi) is 2.64. The first-order valence-corrected chi connectivity index (χ1v) is 5.59. The Bertz CT molecular complexity index is 761. The maximum Gasteiger partial charge on any atom is 0.251 e. The van der Waals surface area contributed by atoms with E-state index in [4.69, 9.17) is 0 Å². The Hall–Kier alpha value is -2.83. The Morgan fingerprint density at radius 3 is 2.79 bits per heavy atom. The second-order valence-corrected chi connectivity index (χ2v) is 3.97. The van der Waals surface area contributed by atoms with Crippen LogP contribution in [0.5, 0.6) is 0 Å². The molecule has 3 rings (SSSR count). The Balaban J connectivity index is 2.14. The van der Waals surface area contributed by atoms with Crippen LogP contribution in [0, 0.1) is 0 Å². The van der Waals surface area contributed by atoms with Crippen molar-refractivity contribution < 1.29 is 0 Å². The monoisotopic (exact) mass is 254 g/mol. The van der Waals surface area contributed by atoms with Crippen molar-refractivity contribution in [2.24, 2.45) is 7.05 Å². The predicted octanol–water partition coefficient (Wildman–Crippen LogP) is 0.627. The van der Waals surface area contributed by atoms with Gasteiger partial charge in [-0.3, -0.25) is 14.5 Å². The highest BCUT2D eigenvalue weighted by Crippen LogP contribution is 2.16. The number of nitrogens with zero attached hydrogens (tertiary/aromatic N) is 5. The highest BCUT2D eigenvalue weighted by Gasteiger charge is 2.08. The van der Waals surface area contributed by atoms with Gasteiger partial charge in [0.1, 0.15) is 5.69 Å². The molecular formula is C12H10N6O. The zero-order valence-electron chi connectivity index (χ0n) is 10.1. The SMILES string of the molecule is Cn1cc(-c2cc(=O)[nH]c(-c3cnccn3)n2)cn1. The third-order valence-electron chi connectivity index (χ3n) is 2.55. The highest BCUT2D eigenvalue weighted by molar-refractivity contribution is 5.59. The molecular weight excluding hydrogens is 244 g/mol. The Labute approximate surface area is 108 Å². The molecule has 0 aliphatic rings. The maximum atomic E-state index is 11.7. The van der Waals surface area contributed by atoms with E-state index in [1.807, 2.05) is 0 Å². The van der Waals surface area contributed by atoms with E-state index < -0.39 is 0 Å². The molecule has 0 saturated carbocycles. The van der Waals surface area contributed by atoms with Crippen molar-refractivity contribution in [2.45, 2.75) is 0 Å². The molecule has 94 valence electrons. The minimum Gasteiger partial charge on any atom is -0.305 e. The molecule has 7 nitrogen and oxygen atoms in total. The number of aromatic nitrogens is 6. The largest absolute Gasteiger partial charge is 0.305 e. The lowest BCUT2D eigenvalue weighted by atomic mass is 10.2. The van der Waals surface area contributed by atoms with Gasteiger partial charge in [0, 0.05) is 37.3 Å². The smallest absolute Gasteiger partial charge is 0.251 e. The fraction of sp³-hybridized carbons (Fsp3) is 0.0833. The minimum atomic E-state index is -0.241. The molecule has 0 atom stereocenters. The lowest BCUT2D eigenvalue weighted by molar-refractivity contribution is 0.768. The lowest BCUT2D eigenvalue weighted by Gasteiger charge is -2.01. The molecule has 0 aliphatic carbocycles. The second-order valence-electron chi connectivity index (χ2n) is 3.97. The Morgan fingerprint density at radius 1 is 1.21 bits per heavy atom. The molecule has 3 heterocycles. The summed E-state index contributed by atoms with van der Waals surface area (Å²) in [6.45, 7) is 0. The van der Waals surface area contributed by atoms with E-state index in [0.29, 0.717) is 17.2 Å². The molecule has 0 saturated heterocycles. The van der Waals surface area contributed by atoms with Gasteiger partial charge in [0.05, 0.1) is 18.1 Å². The van der Waals surface area contributed by atoms with Crippen LogP contribution in [-0.4, -0.2) is 29.7 Å². The number of H-pyrrole nitrogens is 1. The molecule has 0 radical (unpaired) electrons. The van der Waals surface area contributed by atoms with Crippen molar-refractivity contribution >= 4 is 0 Å². The summed E-state index contributed by atoms with van der Waals surface area (Å²) in [5.41, 5.74) is 1.61. The number of aromatic amines is 1. The third kappa shape index (κ3) is 2.25. The van der Waals surface area contributed by atoms with Crippen LogP contribution >= 0.6 is 0 Å². The predicted molar refractivity (Wildman–Crippen MR) is 68.1 cm³/mol. The molecule has 0 aromatic carbocycles. The zero-order valence-corrected chi connectivity index (χ0v) is 10.1. The van der Waals surface area contributed by atoms with Gasteiger partial charge in [-0.05, 0) is 0 Å². The molecule has 1 N–H and O–H groups in total. The molecule has 19 heavy (non-hydrogen) atoms. The average molecular weight is 254 g/mol. The maximum absolute atomic E-state index is 11.7. The van der Waals surface area contributed by atoms with Crippen molar-refractivity contribution in [1.82, 2.24) is 29.7 Å². The number of hydrogen-bond donors (Lipinski definition) is 1. The second kappa shape index (κ2) is 4.45. The highest BCUT2D eigenvalue weighted by atomic mass is 16.1. The van der Waals surface area contributed by atoms with E-state index in [-0.39, 0.29) is 5.56 Å². The van der Waals surface area contributed by atoms with E-state index in [2.05, 4.69) is 25.0 Å². The third-order valence-corrected chi connectivity index (χ3v) is 2.55. The standard InChI is InChI=1S/C12H10N6O/c1-18-7-8(5-15-18)9-4-11(19)17-12(16-9)10-6-13-2-3-14-10/h2-7H,1H3,(H,16,17,19). The quantitative estimate of drug-likeness (QED) is 0.724. The topological polar surface area (TPSA) is 89.4 Å². The summed E-state index contributed by atoms with van der Waals surface area (Å²) in [5, 5.41) is 4.06. The number of hydrogen-bond acceptors (Lipinski definition) is 5. The molecule has 0 amide bonds. The van der Waals surface area contributed by atoms with Gasteiger partial charge in [0.2, 0.25) is 0 Å². The average Bonchev–Trinajstić information content (AvgIpc) is 2.86. The molecule has 0 fully saturated rings. The van der Waals surface area contributed by atoms with Gasteiger partial charge in [-0.25, -0.2) is 9.97 Å². The van der Waals surface area contributed by atoms with Gasteiger partial charge in [-0.1, -0.05) is 0 Å². The van der Waals surface area contributed by atoms with Crippen LogP contribution in [0.4, 0.5) is 0 Å². The minimum absolute atomic E-state index is 0.241. The summed E-state index contributed by atoms with van der Waals surface area (Å²) in [4.78, 5) is 26.8. The van der Waals surface area contributed by atoms with E-state index in [0.717, 1.165) is 5.56 Å². The van der Waals surface area contributed by atoms with Crippen molar-refractivity contribution in [3.8, 4) is 22.8 Å². The van der Waals surface area contributed by atoms with E-state index in [1.165, 1.54) is 6.07 Å². The molecule has 3 aromatic heterocycles. The molecule has 0 unspecified atom stereocenters. The molecule has 0 spiro atoms. The number of aryl methyl sites for hydroxylation is 1. The molecule has 7 heteroatoms. The fourth-order valence-electron chi connectivity index (χ4n) is 1.70. The van der Waals surface area contributed by atoms with Crippen molar-refractivity contribution in [3.05, 3.63) is 47.4 Å². The lowest BCUT2D eigenvalue weighted by Crippen LogP contribution is -2.09. The van der Waals surface area contributed by atoms with Gasteiger partial charge in [0.15, 0.2) is 5.82 Å². The van der Waals surface area contributed by atoms with E-state index >= 15 is 0 Å². The van der Waals surface area contributed by atoms with Crippen LogP contribution in [0.25, 0.3) is 22.8 Å². The van der Waals surface area contributed by atoms with Crippen molar-refractivity contribution in [1.29, 1.82) is 0 Å². The van der Waals surface area contributed by atoms with Gasteiger partial charge < -0.3 is 4.98 Å². The van der Waals surface area contributed by atoms with Crippen molar-refractivity contribution in [2.75, 3.05) is 0 Å². The first kappa shape index (κ1) is 11.3. The molecule has 3 aromatic rings. The van der Waals surface area contributed by atoms with Crippen LogP contribution < -0.4 is 5.56 Å². The van der Waals surface area contributed by atoms with Crippen LogP contribution in [0.2, 0.25) is 0 Å². The summed E-state index contributed by atoms with van der Waals surface area (Å²) in [6.07, 6.45) is 8.11. The molecule has 0 aliphatic heterocycles. The summed E-state index contributed by atoms with van der Waals surface area (Å²) < 4.78 is 1.65. The van der Waals surface area contributed by atoms with Crippen LogP contribution in [0.1, 0.15) is 0 Å². The van der Waals surface area contributed by atoms with E-state index in [1.54, 1.807) is 42.7 Å². The van der Waals surface area contributed by atoms with Crippen molar-refractivity contribution in [3.63, 3.8) is 0 Å². The normalized spacial score (nSPS) is 10.6. The first-order valence-electron chi connectivity index (χ1n) is 5.59. The fourth-order valence-corrected chi connectivity index (χ4v) is 1.70. The van der Waals surface area contributed by atoms with Crippen LogP contribution in [0.3, 0.4) is 0 Å².